The minimum absolute atomic E-state index is 0.116. The quantitative estimate of drug-likeness (QED) is 0.0901. The lowest BCUT2D eigenvalue weighted by Crippen LogP contribution is -2.13. The van der Waals surface area contributed by atoms with Crippen molar-refractivity contribution in [2.45, 2.75) is 36.2 Å². The number of hydrogen-bond donors (Lipinski definition) is 3. The third kappa shape index (κ3) is 8.62. The minimum atomic E-state index is -3.33. The topological polar surface area (TPSA) is 140 Å². The van der Waals surface area contributed by atoms with Gasteiger partial charge < -0.3 is 24.2 Å². The summed E-state index contributed by atoms with van der Waals surface area (Å²) >= 11 is 10.0. The number of alkyl halides is 1. The van der Waals surface area contributed by atoms with Crippen LogP contribution >= 0.6 is 27.5 Å². The van der Waals surface area contributed by atoms with Gasteiger partial charge in [0.1, 0.15) is 11.5 Å². The molecule has 10 nitrogen and oxygen atoms in total. The first-order valence-electron chi connectivity index (χ1n) is 16.8. The summed E-state index contributed by atoms with van der Waals surface area (Å²) in [6, 6.07) is 22.0. The van der Waals surface area contributed by atoms with Gasteiger partial charge in [-0.25, -0.2) is 8.42 Å². The van der Waals surface area contributed by atoms with Crippen LogP contribution in [0.1, 0.15) is 47.9 Å². The Morgan fingerprint density at radius 1 is 0.774 bits per heavy atom. The number of ether oxygens (including phenoxy) is 3. The van der Waals surface area contributed by atoms with Gasteiger partial charge in [0, 0.05) is 53.0 Å². The van der Waals surface area contributed by atoms with Crippen LogP contribution < -0.4 is 25.3 Å². The molecule has 0 aliphatic heterocycles. The summed E-state index contributed by atoms with van der Waals surface area (Å²) in [6.07, 6.45) is 11.8. The molecule has 0 unspecified atom stereocenters. The van der Waals surface area contributed by atoms with Crippen LogP contribution in [0.4, 0.5) is 5.69 Å². The number of hydrogen-bond acceptors (Lipinski definition) is 7. The van der Waals surface area contributed by atoms with E-state index in [9.17, 15) is 18.0 Å². The van der Waals surface area contributed by atoms with Crippen molar-refractivity contribution >= 4 is 55.4 Å². The van der Waals surface area contributed by atoms with E-state index in [1.807, 2.05) is 54.6 Å². The van der Waals surface area contributed by atoms with Gasteiger partial charge in [-0.3, -0.25) is 14.3 Å². The average Bonchev–Trinajstić information content (AvgIpc) is 4.08. The van der Waals surface area contributed by atoms with E-state index in [-0.39, 0.29) is 16.0 Å². The Morgan fingerprint density at radius 3 is 1.83 bits per heavy atom. The molecule has 53 heavy (non-hydrogen) atoms. The molecule has 0 bridgehead atoms. The summed E-state index contributed by atoms with van der Waals surface area (Å²) in [5, 5.41) is 0. The van der Waals surface area contributed by atoms with Crippen LogP contribution in [-0.4, -0.2) is 46.0 Å². The Hall–Kier alpha value is -4.62. The highest BCUT2D eigenvalue weighted by Crippen LogP contribution is 2.57. The number of benzene rings is 3. The molecule has 3 aromatic carbocycles. The molecule has 2 heterocycles. The second kappa shape index (κ2) is 15.4. The van der Waals surface area contributed by atoms with Crippen molar-refractivity contribution < 1.29 is 22.6 Å². The van der Waals surface area contributed by atoms with Crippen molar-refractivity contribution in [2.24, 2.45) is 0 Å². The number of methoxy groups -OCH3 is 3. The molecular weight excluding hydrogens is 782 g/mol. The van der Waals surface area contributed by atoms with Gasteiger partial charge in [0.2, 0.25) is 10.0 Å². The highest BCUT2D eigenvalue weighted by atomic mass is 79.9. The van der Waals surface area contributed by atoms with Gasteiger partial charge in [0.15, 0.2) is 0 Å². The third-order valence-electron chi connectivity index (χ3n) is 9.25. The molecule has 5 aromatic rings. The van der Waals surface area contributed by atoms with Crippen molar-refractivity contribution in [3.63, 3.8) is 0 Å². The molecule has 0 atom stereocenters. The van der Waals surface area contributed by atoms with Crippen molar-refractivity contribution in [3.05, 3.63) is 133 Å². The lowest BCUT2D eigenvalue weighted by molar-refractivity contribution is 0.0766. The molecule has 2 aromatic heterocycles. The first kappa shape index (κ1) is 38.1. The Bertz CT molecular complexity index is 2400. The molecule has 0 radical (unpaired) electrons. The van der Waals surface area contributed by atoms with E-state index in [0.717, 1.165) is 75.5 Å². The number of aromatic nitrogens is 2. The molecular formula is C40H39BrClN3O7S. The molecule has 2 aliphatic carbocycles. The molecule has 0 saturated heterocycles. The van der Waals surface area contributed by atoms with Crippen LogP contribution in [0.15, 0.2) is 99.3 Å². The number of pyridine rings is 2. The van der Waals surface area contributed by atoms with Gasteiger partial charge in [0.25, 0.3) is 11.1 Å². The largest absolute Gasteiger partial charge is 0.496 e. The first-order chi connectivity index (χ1) is 25.3. The summed E-state index contributed by atoms with van der Waals surface area (Å²) in [5.74, 6) is 1.45. The number of halogens is 2. The SMILES string of the molecule is COc1c(/C=C/c2ccc(NS(C)(=O)=O)cc2)cc(-c2ccc[nH]c2=O)cc1C1(OC)CC1.COc1c(Br)cc(-c2ccc[nH]c2=O)cc1C1(Cl)CC1. The van der Waals surface area contributed by atoms with Crippen LogP contribution in [0.2, 0.25) is 0 Å². The van der Waals surface area contributed by atoms with Gasteiger partial charge in [0.05, 0.1) is 35.4 Å². The second-order valence-electron chi connectivity index (χ2n) is 13.0. The van der Waals surface area contributed by atoms with Crippen molar-refractivity contribution in [2.75, 3.05) is 32.3 Å². The Balaban J connectivity index is 0.000000204. The predicted octanol–water partition coefficient (Wildman–Crippen LogP) is 8.27. The van der Waals surface area contributed by atoms with Crippen LogP contribution in [0.5, 0.6) is 11.5 Å². The molecule has 13 heteroatoms. The lowest BCUT2D eigenvalue weighted by atomic mass is 9.95. The number of aromatic amines is 2. The molecule has 2 saturated carbocycles. The van der Waals surface area contributed by atoms with E-state index in [1.165, 1.54) is 0 Å². The predicted molar refractivity (Wildman–Crippen MR) is 214 cm³/mol. The van der Waals surface area contributed by atoms with Crippen LogP contribution in [0.25, 0.3) is 34.4 Å². The van der Waals surface area contributed by atoms with Crippen molar-refractivity contribution in [3.8, 4) is 33.8 Å². The molecule has 276 valence electrons. The summed E-state index contributed by atoms with van der Waals surface area (Å²) in [5.41, 5.74) is 6.16. The lowest BCUT2D eigenvalue weighted by Gasteiger charge is -2.21. The number of rotatable bonds is 11. The molecule has 7 rings (SSSR count). The van der Waals surface area contributed by atoms with Crippen molar-refractivity contribution in [1.82, 2.24) is 9.97 Å². The Labute approximate surface area is 321 Å². The number of sulfonamides is 1. The summed E-state index contributed by atoms with van der Waals surface area (Å²) in [4.78, 5) is 29.4. The van der Waals surface area contributed by atoms with Crippen LogP contribution in [0, 0.1) is 0 Å². The monoisotopic (exact) mass is 819 g/mol. The molecule has 0 spiro atoms. The maximum atomic E-state index is 12.5. The van der Waals surface area contributed by atoms with E-state index >= 15 is 0 Å². The van der Waals surface area contributed by atoms with Crippen LogP contribution in [0.3, 0.4) is 0 Å². The van der Waals surface area contributed by atoms with Gasteiger partial charge >= 0.3 is 0 Å². The zero-order valence-corrected chi connectivity index (χ0v) is 32.7. The normalized spacial score (nSPS) is 15.3. The zero-order valence-electron chi connectivity index (χ0n) is 29.6. The summed E-state index contributed by atoms with van der Waals surface area (Å²) in [6.45, 7) is 0. The minimum Gasteiger partial charge on any atom is -0.496 e. The second-order valence-corrected chi connectivity index (χ2v) is 16.3. The number of H-pyrrole nitrogens is 2. The highest BCUT2D eigenvalue weighted by molar-refractivity contribution is 9.10. The van der Waals surface area contributed by atoms with E-state index in [4.69, 9.17) is 25.8 Å². The van der Waals surface area contributed by atoms with Crippen LogP contribution in [-0.2, 0) is 25.2 Å². The van der Waals surface area contributed by atoms with Crippen molar-refractivity contribution in [1.29, 1.82) is 0 Å². The number of nitrogens with one attached hydrogen (secondary N) is 3. The standard InChI is InChI=1S/C25H26N2O5S.C15H13BrClNO2/c1-31-23-18(9-6-17-7-10-20(11-8-17)27-33(3,29)30)15-19(21-5-4-14-26-24(21)28)16-22(23)25(32-2)12-13-25;1-20-13-11(15(17)4-5-15)7-9(8-12(13)16)10-3-2-6-18-14(10)19/h4-11,14-16,27H,12-13H2,1-3H3,(H,26,28);2-3,6-8H,4-5H2,1H3,(H,18,19)/b9-6+;. The van der Waals surface area contributed by atoms with Gasteiger partial charge in [-0.2, -0.15) is 0 Å². The zero-order chi connectivity index (χ0) is 38.0. The fourth-order valence-corrected chi connectivity index (χ4v) is 7.64. The molecule has 3 N–H and O–H groups in total. The maximum absolute atomic E-state index is 12.5. The Kier molecular flexibility index (Phi) is 11.1. The van der Waals surface area contributed by atoms with Gasteiger partial charge in [-0.1, -0.05) is 24.3 Å². The van der Waals surface area contributed by atoms with E-state index < -0.39 is 15.6 Å². The van der Waals surface area contributed by atoms with Gasteiger partial charge in [-0.15, -0.1) is 11.6 Å². The Morgan fingerprint density at radius 2 is 1.34 bits per heavy atom. The van der Waals surface area contributed by atoms with E-state index in [1.54, 1.807) is 64.1 Å². The highest BCUT2D eigenvalue weighted by Gasteiger charge is 2.47. The summed E-state index contributed by atoms with van der Waals surface area (Å²) < 4.78 is 43.1. The number of anilines is 1. The average molecular weight is 821 g/mol. The smallest absolute Gasteiger partial charge is 0.255 e. The van der Waals surface area contributed by atoms with E-state index in [2.05, 4.69) is 30.6 Å². The molecule has 2 fully saturated rings. The molecule has 2 aliphatic rings. The first-order valence-corrected chi connectivity index (χ1v) is 19.8. The maximum Gasteiger partial charge on any atom is 0.255 e. The van der Waals surface area contributed by atoms with E-state index in [0.29, 0.717) is 22.6 Å². The fraction of sp³-hybridized carbons (Fsp3) is 0.250. The van der Waals surface area contributed by atoms with Gasteiger partial charge in [-0.05, 0) is 119 Å². The summed E-state index contributed by atoms with van der Waals surface area (Å²) in [7, 11) is 1.62. The third-order valence-corrected chi connectivity index (χ3v) is 11.0. The fourth-order valence-electron chi connectivity index (χ4n) is 6.22. The molecule has 0 amide bonds.